The summed E-state index contributed by atoms with van der Waals surface area (Å²) < 4.78 is 4.88. The van der Waals surface area contributed by atoms with Crippen molar-refractivity contribution in [2.45, 2.75) is 32.6 Å². The van der Waals surface area contributed by atoms with Gasteiger partial charge in [0, 0.05) is 30.3 Å². The number of rotatable bonds is 10. The second kappa shape index (κ2) is 12.0. The van der Waals surface area contributed by atoms with Crippen LogP contribution in [0.15, 0.2) is 42.5 Å². The molecule has 0 radical (unpaired) electrons. The molecular formula is C18H21NaO5. The fraction of sp³-hybridized carbons (Fsp3) is 0.389. The van der Waals surface area contributed by atoms with Crippen molar-refractivity contribution in [2.24, 2.45) is 5.92 Å². The Balaban J connectivity index is 0.00000529. The number of carbonyl (C=O) groups is 3. The third kappa shape index (κ3) is 9.01. The van der Waals surface area contributed by atoms with E-state index in [1.165, 1.54) is 0 Å². The summed E-state index contributed by atoms with van der Waals surface area (Å²) in [6, 6.07) is 9.11. The number of hydrogen-bond acceptors (Lipinski definition) is 5. The minimum Gasteiger partial charge on any atom is -0.550 e. The summed E-state index contributed by atoms with van der Waals surface area (Å²) >= 11 is 0. The van der Waals surface area contributed by atoms with E-state index in [9.17, 15) is 19.5 Å². The molecule has 124 valence electrons. The standard InChI is InChI=1S/C18H22O5.Na/c1-13(2)18(22)23-10-6-9-16(19)12-15(17(20)21)11-14-7-4-3-5-8-14;/h3-5,7-8,15H,1,6,9-12H2,2H3,(H,20,21);/q;+1/p-1. The monoisotopic (exact) mass is 340 g/mol. The summed E-state index contributed by atoms with van der Waals surface area (Å²) in [6.45, 7) is 5.11. The van der Waals surface area contributed by atoms with Crippen molar-refractivity contribution in [1.82, 2.24) is 0 Å². The van der Waals surface area contributed by atoms with Crippen LogP contribution in [0.5, 0.6) is 0 Å². The van der Waals surface area contributed by atoms with Crippen LogP contribution in [0.2, 0.25) is 0 Å². The van der Waals surface area contributed by atoms with Crippen LogP contribution in [0.4, 0.5) is 0 Å². The molecule has 0 fully saturated rings. The number of carboxylic acids is 1. The van der Waals surface area contributed by atoms with E-state index in [0.717, 1.165) is 5.56 Å². The van der Waals surface area contributed by atoms with Crippen molar-refractivity contribution in [3.8, 4) is 0 Å². The number of ether oxygens (including phenoxy) is 1. The molecule has 0 saturated carbocycles. The maximum Gasteiger partial charge on any atom is 1.00 e. The van der Waals surface area contributed by atoms with Gasteiger partial charge in [-0.1, -0.05) is 36.9 Å². The predicted octanol–water partition coefficient (Wildman–Crippen LogP) is -1.54. The molecule has 5 nitrogen and oxygen atoms in total. The first-order chi connectivity index (χ1) is 10.9. The molecule has 1 unspecified atom stereocenters. The minimum absolute atomic E-state index is 0. The third-order valence-corrected chi connectivity index (χ3v) is 3.31. The maximum atomic E-state index is 11.9. The molecule has 1 rings (SSSR count). The van der Waals surface area contributed by atoms with Crippen LogP contribution in [0.3, 0.4) is 0 Å². The number of carbonyl (C=O) groups excluding carboxylic acids is 3. The van der Waals surface area contributed by atoms with Gasteiger partial charge in [-0.15, -0.1) is 0 Å². The smallest absolute Gasteiger partial charge is 0.550 e. The number of hydrogen-bond donors (Lipinski definition) is 0. The first-order valence-electron chi connectivity index (χ1n) is 7.49. The number of benzene rings is 1. The van der Waals surface area contributed by atoms with Crippen molar-refractivity contribution < 1.29 is 53.8 Å². The number of carboxylic acid groups (broad SMARTS) is 1. The van der Waals surface area contributed by atoms with Gasteiger partial charge in [0.1, 0.15) is 5.78 Å². The zero-order valence-electron chi connectivity index (χ0n) is 14.2. The summed E-state index contributed by atoms with van der Waals surface area (Å²) in [5.74, 6) is -2.74. The van der Waals surface area contributed by atoms with Crippen molar-refractivity contribution in [2.75, 3.05) is 6.61 Å². The Kier molecular flexibility index (Phi) is 11.3. The average Bonchev–Trinajstić information content (AvgIpc) is 2.51. The second-order valence-corrected chi connectivity index (χ2v) is 5.47. The van der Waals surface area contributed by atoms with Crippen LogP contribution in [-0.2, 0) is 25.5 Å². The summed E-state index contributed by atoms with van der Waals surface area (Å²) in [7, 11) is 0. The van der Waals surface area contributed by atoms with Gasteiger partial charge < -0.3 is 14.6 Å². The van der Waals surface area contributed by atoms with E-state index in [1.54, 1.807) is 6.92 Å². The molecule has 0 spiro atoms. The van der Waals surface area contributed by atoms with Gasteiger partial charge >= 0.3 is 35.5 Å². The Labute approximate surface area is 164 Å². The quantitative estimate of drug-likeness (QED) is 0.223. The number of aliphatic carboxylic acids is 1. The molecule has 24 heavy (non-hydrogen) atoms. The van der Waals surface area contributed by atoms with Gasteiger partial charge in [0.25, 0.3) is 0 Å². The fourth-order valence-electron chi connectivity index (χ4n) is 2.07. The van der Waals surface area contributed by atoms with Crippen molar-refractivity contribution in [3.05, 3.63) is 48.0 Å². The van der Waals surface area contributed by atoms with Crippen LogP contribution in [-0.4, -0.2) is 24.3 Å². The molecule has 0 heterocycles. The van der Waals surface area contributed by atoms with Crippen LogP contribution < -0.4 is 34.7 Å². The maximum absolute atomic E-state index is 11.9. The molecule has 1 aromatic carbocycles. The molecule has 0 amide bonds. The van der Waals surface area contributed by atoms with E-state index >= 15 is 0 Å². The van der Waals surface area contributed by atoms with Crippen molar-refractivity contribution in [3.63, 3.8) is 0 Å². The van der Waals surface area contributed by atoms with Crippen LogP contribution in [0.1, 0.15) is 31.7 Å². The van der Waals surface area contributed by atoms with Crippen molar-refractivity contribution in [1.29, 1.82) is 0 Å². The molecule has 0 aliphatic rings. The van der Waals surface area contributed by atoms with Gasteiger partial charge in [0.2, 0.25) is 0 Å². The SMILES string of the molecule is C=C(C)C(=O)OCCCC(=O)CC(Cc1ccccc1)C(=O)[O-].[Na+]. The largest absolute Gasteiger partial charge is 1.00 e. The number of Topliss-reactive ketones (excluding diaryl/α,β-unsaturated/α-hetero) is 1. The minimum atomic E-state index is -1.23. The fourth-order valence-corrected chi connectivity index (χ4v) is 2.07. The molecule has 0 aliphatic heterocycles. The topological polar surface area (TPSA) is 83.5 Å². The Hall–Kier alpha value is -1.43. The Bertz CT molecular complexity index is 568. The number of ketones is 1. The van der Waals surface area contributed by atoms with E-state index in [0.29, 0.717) is 12.0 Å². The molecule has 0 bridgehead atoms. The predicted molar refractivity (Wildman–Crippen MR) is 83.3 cm³/mol. The summed E-state index contributed by atoms with van der Waals surface area (Å²) in [6.07, 6.45) is 0.718. The Morgan fingerprint density at radius 3 is 2.38 bits per heavy atom. The normalized spacial score (nSPS) is 11.0. The molecule has 1 atom stereocenters. The van der Waals surface area contributed by atoms with E-state index in [-0.39, 0.29) is 61.2 Å². The van der Waals surface area contributed by atoms with E-state index in [1.807, 2.05) is 30.3 Å². The van der Waals surface area contributed by atoms with Gasteiger partial charge in [-0.25, -0.2) is 4.79 Å². The molecule has 6 heteroatoms. The molecule has 0 N–H and O–H groups in total. The third-order valence-electron chi connectivity index (χ3n) is 3.31. The van der Waals surface area contributed by atoms with Gasteiger partial charge in [0.15, 0.2) is 0 Å². The zero-order valence-corrected chi connectivity index (χ0v) is 16.2. The van der Waals surface area contributed by atoms with Gasteiger partial charge in [0.05, 0.1) is 6.61 Å². The summed E-state index contributed by atoms with van der Waals surface area (Å²) in [5.41, 5.74) is 1.15. The molecule has 0 saturated heterocycles. The first-order valence-corrected chi connectivity index (χ1v) is 7.49. The van der Waals surface area contributed by atoms with Crippen molar-refractivity contribution >= 4 is 17.7 Å². The summed E-state index contributed by atoms with van der Waals surface area (Å²) in [5, 5.41) is 11.2. The molecule has 1 aromatic rings. The first kappa shape index (κ1) is 22.6. The molecular weight excluding hydrogens is 319 g/mol. The molecule has 0 aliphatic carbocycles. The Morgan fingerprint density at radius 1 is 1.21 bits per heavy atom. The van der Waals surface area contributed by atoms with E-state index < -0.39 is 17.9 Å². The van der Waals surface area contributed by atoms with E-state index in [2.05, 4.69) is 6.58 Å². The van der Waals surface area contributed by atoms with Gasteiger partial charge in [-0.3, -0.25) is 4.79 Å². The summed E-state index contributed by atoms with van der Waals surface area (Å²) in [4.78, 5) is 34.2. The number of esters is 1. The molecule has 0 aromatic heterocycles. The zero-order chi connectivity index (χ0) is 17.2. The van der Waals surface area contributed by atoms with Crippen LogP contribution >= 0.6 is 0 Å². The second-order valence-electron chi connectivity index (χ2n) is 5.47. The van der Waals surface area contributed by atoms with Gasteiger partial charge in [-0.05, 0) is 25.3 Å². The van der Waals surface area contributed by atoms with Crippen LogP contribution in [0, 0.1) is 5.92 Å². The van der Waals surface area contributed by atoms with Gasteiger partial charge in [-0.2, -0.15) is 0 Å². The van der Waals surface area contributed by atoms with Crippen LogP contribution in [0.25, 0.3) is 0 Å². The Morgan fingerprint density at radius 2 is 1.83 bits per heavy atom. The average molecular weight is 340 g/mol. The van der Waals surface area contributed by atoms with E-state index in [4.69, 9.17) is 4.74 Å².